The number of rotatable bonds is 2. The molecule has 0 bridgehead atoms. The van der Waals surface area contributed by atoms with Crippen LogP contribution in [0, 0.1) is 5.41 Å². The third-order valence-corrected chi connectivity index (χ3v) is 3.84. The van der Waals surface area contributed by atoms with Crippen molar-refractivity contribution in [2.24, 2.45) is 5.41 Å². The molecule has 94 valence electrons. The van der Waals surface area contributed by atoms with Crippen LogP contribution in [0.15, 0.2) is 11.3 Å². The zero-order valence-electron chi connectivity index (χ0n) is 11.0. The Labute approximate surface area is 108 Å². The maximum absolute atomic E-state index is 6.19. The van der Waals surface area contributed by atoms with Crippen LogP contribution >= 0.6 is 23.4 Å². The van der Waals surface area contributed by atoms with E-state index in [2.05, 4.69) is 41.5 Å². The maximum atomic E-state index is 6.19. The number of hydroxylamine groups is 2. The highest BCUT2D eigenvalue weighted by atomic mass is 35.5. The summed E-state index contributed by atoms with van der Waals surface area (Å²) in [7, 11) is 0. The number of hydrogen-bond acceptors (Lipinski definition) is 3. The van der Waals surface area contributed by atoms with Gasteiger partial charge in [-0.25, -0.2) is 0 Å². The molecule has 1 aliphatic rings. The predicted octanol–water partition coefficient (Wildman–Crippen LogP) is 4.22. The van der Waals surface area contributed by atoms with Crippen LogP contribution in [0.5, 0.6) is 0 Å². The fraction of sp³-hybridized carbons (Fsp3) is 0.833. The molecule has 0 aromatic heterocycles. The second-order valence-corrected chi connectivity index (χ2v) is 8.39. The lowest BCUT2D eigenvalue weighted by atomic mass is 9.87. The van der Waals surface area contributed by atoms with Gasteiger partial charge in [0.15, 0.2) is 0 Å². The van der Waals surface area contributed by atoms with Gasteiger partial charge in [-0.1, -0.05) is 53.1 Å². The Hall–Kier alpha value is 0.140. The Balaban J connectivity index is 2.63. The third-order valence-electron chi connectivity index (χ3n) is 2.29. The van der Waals surface area contributed by atoms with Gasteiger partial charge < -0.3 is 4.84 Å². The molecule has 1 heterocycles. The van der Waals surface area contributed by atoms with Crippen molar-refractivity contribution in [2.45, 2.75) is 52.3 Å². The normalized spacial score (nSPS) is 23.2. The molecule has 0 spiro atoms. The van der Waals surface area contributed by atoms with Gasteiger partial charge in [0.25, 0.3) is 0 Å². The molecule has 1 rings (SSSR count). The summed E-state index contributed by atoms with van der Waals surface area (Å²) in [5, 5.41) is 2.76. The largest absolute Gasteiger partial charge is 0.411 e. The predicted molar refractivity (Wildman–Crippen MR) is 72.3 cm³/mol. The lowest BCUT2D eigenvalue weighted by Crippen LogP contribution is -2.40. The van der Waals surface area contributed by atoms with E-state index in [9.17, 15) is 0 Å². The van der Waals surface area contributed by atoms with Crippen LogP contribution in [0.1, 0.15) is 41.5 Å². The van der Waals surface area contributed by atoms with Gasteiger partial charge in [-0.15, -0.1) is 16.8 Å². The first kappa shape index (κ1) is 14.2. The molecule has 0 aliphatic carbocycles. The Morgan fingerprint density at radius 3 is 2.31 bits per heavy atom. The highest BCUT2D eigenvalue weighted by molar-refractivity contribution is 8.00. The van der Waals surface area contributed by atoms with Crippen LogP contribution in [0.2, 0.25) is 0 Å². The quantitative estimate of drug-likeness (QED) is 0.740. The van der Waals surface area contributed by atoms with E-state index in [-0.39, 0.29) is 16.2 Å². The average Bonchev–Trinajstić information content (AvgIpc) is 2.41. The zero-order chi connectivity index (χ0) is 12.6. The smallest absolute Gasteiger partial charge is 0.127 e. The van der Waals surface area contributed by atoms with E-state index in [1.54, 1.807) is 6.26 Å². The molecule has 0 radical (unpaired) electrons. The minimum Gasteiger partial charge on any atom is -0.411 e. The summed E-state index contributed by atoms with van der Waals surface area (Å²) in [6, 6.07) is 0.156. The Kier molecular flexibility index (Phi) is 4.25. The number of nitrogens with zero attached hydrogens (tertiary/aromatic N) is 1. The molecule has 0 fully saturated rings. The van der Waals surface area contributed by atoms with Crippen LogP contribution < -0.4 is 0 Å². The van der Waals surface area contributed by atoms with Crippen molar-refractivity contribution in [1.29, 1.82) is 0 Å². The van der Waals surface area contributed by atoms with E-state index >= 15 is 0 Å². The van der Waals surface area contributed by atoms with Crippen molar-refractivity contribution in [3.63, 3.8) is 0 Å². The van der Waals surface area contributed by atoms with Crippen LogP contribution in [0.3, 0.4) is 0 Å². The lowest BCUT2D eigenvalue weighted by molar-refractivity contribution is -0.109. The van der Waals surface area contributed by atoms with Crippen LogP contribution in [0.4, 0.5) is 0 Å². The van der Waals surface area contributed by atoms with Crippen molar-refractivity contribution in [2.75, 3.05) is 5.88 Å². The van der Waals surface area contributed by atoms with Crippen molar-refractivity contribution < 1.29 is 4.84 Å². The summed E-state index contributed by atoms with van der Waals surface area (Å²) in [6.07, 6.45) is 1.65. The second-order valence-electron chi connectivity index (χ2n) is 6.18. The molecular formula is C12H22ClNOS. The van der Waals surface area contributed by atoms with Gasteiger partial charge in [0.2, 0.25) is 0 Å². The minimum atomic E-state index is 0.0858. The molecule has 0 saturated heterocycles. The monoisotopic (exact) mass is 263 g/mol. The summed E-state index contributed by atoms with van der Waals surface area (Å²) in [5.41, 5.74) is 0.0858. The fourth-order valence-electron chi connectivity index (χ4n) is 1.59. The Bertz CT molecular complexity index is 278. The van der Waals surface area contributed by atoms with Gasteiger partial charge in [-0.2, -0.15) is 0 Å². The first-order valence-electron chi connectivity index (χ1n) is 5.54. The van der Waals surface area contributed by atoms with Gasteiger partial charge in [-0.3, -0.25) is 0 Å². The molecule has 1 unspecified atom stereocenters. The molecule has 16 heavy (non-hydrogen) atoms. The second kappa shape index (κ2) is 4.79. The number of hydrogen-bond donors (Lipinski definition) is 0. The highest BCUT2D eigenvalue weighted by Gasteiger charge is 2.38. The number of halogens is 1. The van der Waals surface area contributed by atoms with E-state index in [0.717, 1.165) is 10.9 Å². The summed E-state index contributed by atoms with van der Waals surface area (Å²) < 4.78 is 0.237. The molecule has 4 heteroatoms. The average molecular weight is 264 g/mol. The molecule has 0 aromatic rings. The SMILES string of the molecule is CC(C)(C)SCN1OC=C(Cl)C1C(C)(C)C. The van der Waals surface area contributed by atoms with Gasteiger partial charge in [0.1, 0.15) is 6.26 Å². The Morgan fingerprint density at radius 1 is 1.31 bits per heavy atom. The molecule has 0 saturated carbocycles. The van der Waals surface area contributed by atoms with Crippen LogP contribution in [-0.2, 0) is 4.84 Å². The summed E-state index contributed by atoms with van der Waals surface area (Å²) in [6.45, 7) is 13.1. The van der Waals surface area contributed by atoms with Crippen molar-refractivity contribution >= 4 is 23.4 Å². The van der Waals surface area contributed by atoms with Crippen molar-refractivity contribution in [3.05, 3.63) is 11.3 Å². The lowest BCUT2D eigenvalue weighted by Gasteiger charge is -2.34. The fourth-order valence-corrected chi connectivity index (χ4v) is 2.79. The molecule has 0 aromatic carbocycles. The molecular weight excluding hydrogens is 242 g/mol. The van der Waals surface area contributed by atoms with Gasteiger partial charge >= 0.3 is 0 Å². The minimum absolute atomic E-state index is 0.0858. The van der Waals surface area contributed by atoms with E-state index < -0.39 is 0 Å². The van der Waals surface area contributed by atoms with Gasteiger partial charge in [-0.05, 0) is 5.41 Å². The third kappa shape index (κ3) is 3.86. The van der Waals surface area contributed by atoms with Crippen molar-refractivity contribution in [3.8, 4) is 0 Å². The topological polar surface area (TPSA) is 12.5 Å². The first-order chi connectivity index (χ1) is 7.11. The van der Waals surface area contributed by atoms with E-state index in [1.165, 1.54) is 0 Å². The van der Waals surface area contributed by atoms with E-state index in [0.29, 0.717) is 0 Å². The summed E-state index contributed by atoms with van der Waals surface area (Å²) >= 11 is 8.05. The molecule has 1 atom stereocenters. The van der Waals surface area contributed by atoms with Crippen molar-refractivity contribution in [1.82, 2.24) is 5.06 Å². The molecule has 1 aliphatic heterocycles. The number of thioether (sulfide) groups is 1. The van der Waals surface area contributed by atoms with Gasteiger partial charge in [0.05, 0.1) is 17.0 Å². The summed E-state index contributed by atoms with van der Waals surface area (Å²) in [4.78, 5) is 5.52. The molecule has 0 amide bonds. The van der Waals surface area contributed by atoms with E-state index in [4.69, 9.17) is 16.4 Å². The van der Waals surface area contributed by atoms with E-state index in [1.807, 2.05) is 16.8 Å². The standard InChI is InChI=1S/C12H22ClNOS/c1-11(2,3)10-9(13)7-15-14(10)8-16-12(4,5)6/h7,10H,8H2,1-6H3. The molecule has 0 N–H and O–H groups in total. The zero-order valence-corrected chi connectivity index (χ0v) is 12.6. The Morgan fingerprint density at radius 2 is 1.88 bits per heavy atom. The van der Waals surface area contributed by atoms with Crippen LogP contribution in [0.25, 0.3) is 0 Å². The van der Waals surface area contributed by atoms with Gasteiger partial charge in [0, 0.05) is 4.75 Å². The van der Waals surface area contributed by atoms with Crippen LogP contribution in [-0.4, -0.2) is 21.7 Å². The maximum Gasteiger partial charge on any atom is 0.127 e. The molecule has 2 nitrogen and oxygen atoms in total. The summed E-state index contributed by atoms with van der Waals surface area (Å²) in [5.74, 6) is 0.832. The highest BCUT2D eigenvalue weighted by Crippen LogP contribution is 2.38. The first-order valence-corrected chi connectivity index (χ1v) is 6.90.